The van der Waals surface area contributed by atoms with Gasteiger partial charge < -0.3 is 10.1 Å². The number of rotatable bonds is 2. The van der Waals surface area contributed by atoms with E-state index in [2.05, 4.69) is 15.5 Å². The van der Waals surface area contributed by atoms with Crippen LogP contribution in [0.4, 0.5) is 4.79 Å². The van der Waals surface area contributed by atoms with Crippen molar-refractivity contribution < 1.29 is 14.3 Å². The van der Waals surface area contributed by atoms with Crippen molar-refractivity contribution in [2.45, 2.75) is 64.1 Å². The molecule has 1 saturated heterocycles. The maximum absolute atomic E-state index is 12.0. The smallest absolute Gasteiger partial charge is 0.321 e. The summed E-state index contributed by atoms with van der Waals surface area (Å²) in [4.78, 5) is 25.9. The van der Waals surface area contributed by atoms with Gasteiger partial charge in [0.25, 0.3) is 0 Å². The Kier molecular flexibility index (Phi) is 5.22. The molecule has 21 heavy (non-hydrogen) atoms. The zero-order valence-corrected chi connectivity index (χ0v) is 13.3. The number of ether oxygens (including phenoxy) is 1. The number of carbonyl (C=O) groups excluding carboxylic acids is 2. The molecule has 0 aromatic carbocycles. The number of imide groups is 1. The SMILES string of the molecule is CC(C)(C)NC(=O)NC(=O)CN1CCO[C@@H]2CCCC[C@@H]21. The van der Waals surface area contributed by atoms with E-state index in [0.717, 1.165) is 19.4 Å². The van der Waals surface area contributed by atoms with Gasteiger partial charge >= 0.3 is 6.03 Å². The summed E-state index contributed by atoms with van der Waals surface area (Å²) < 4.78 is 5.79. The van der Waals surface area contributed by atoms with Crippen LogP contribution < -0.4 is 10.6 Å². The molecule has 6 nitrogen and oxygen atoms in total. The maximum atomic E-state index is 12.0. The molecular weight excluding hydrogens is 270 g/mol. The quantitative estimate of drug-likeness (QED) is 0.805. The molecule has 1 saturated carbocycles. The number of carbonyl (C=O) groups is 2. The highest BCUT2D eigenvalue weighted by molar-refractivity contribution is 5.95. The summed E-state index contributed by atoms with van der Waals surface area (Å²) in [5, 5.41) is 5.14. The minimum atomic E-state index is -0.430. The van der Waals surface area contributed by atoms with Gasteiger partial charge in [0.1, 0.15) is 0 Å². The van der Waals surface area contributed by atoms with Gasteiger partial charge in [-0.25, -0.2) is 4.79 Å². The number of fused-ring (bicyclic) bond motifs is 1. The number of hydrogen-bond donors (Lipinski definition) is 2. The summed E-state index contributed by atoms with van der Waals surface area (Å²) in [6.07, 6.45) is 4.80. The van der Waals surface area contributed by atoms with E-state index in [1.54, 1.807) is 0 Å². The van der Waals surface area contributed by atoms with Gasteiger partial charge in [-0.3, -0.25) is 15.0 Å². The van der Waals surface area contributed by atoms with E-state index < -0.39 is 6.03 Å². The highest BCUT2D eigenvalue weighted by atomic mass is 16.5. The number of morpholine rings is 1. The van der Waals surface area contributed by atoms with Crippen LogP contribution in [0, 0.1) is 0 Å². The molecule has 0 aromatic rings. The molecule has 6 heteroatoms. The molecule has 0 spiro atoms. The third kappa shape index (κ3) is 4.97. The second-order valence-corrected chi connectivity index (χ2v) is 6.98. The first-order chi connectivity index (χ1) is 9.85. The molecule has 1 aliphatic heterocycles. The Balaban J connectivity index is 1.82. The second-order valence-electron chi connectivity index (χ2n) is 6.98. The summed E-state index contributed by atoms with van der Waals surface area (Å²) in [5.74, 6) is -0.247. The summed E-state index contributed by atoms with van der Waals surface area (Å²) >= 11 is 0. The van der Waals surface area contributed by atoms with Gasteiger partial charge in [0.2, 0.25) is 5.91 Å². The minimum Gasteiger partial charge on any atom is -0.375 e. The number of nitrogens with zero attached hydrogens (tertiary/aromatic N) is 1. The molecule has 0 radical (unpaired) electrons. The lowest BCUT2D eigenvalue weighted by Gasteiger charge is -2.43. The average Bonchev–Trinajstić information content (AvgIpc) is 2.36. The predicted molar refractivity (Wildman–Crippen MR) is 80.0 cm³/mol. The van der Waals surface area contributed by atoms with Crippen molar-refractivity contribution >= 4 is 11.9 Å². The number of hydrogen-bond acceptors (Lipinski definition) is 4. The molecule has 3 amide bonds. The van der Waals surface area contributed by atoms with Crippen LogP contribution in [0.25, 0.3) is 0 Å². The van der Waals surface area contributed by atoms with Crippen LogP contribution in [0.3, 0.4) is 0 Å². The lowest BCUT2D eigenvalue weighted by molar-refractivity contribution is -0.128. The fourth-order valence-electron chi connectivity index (χ4n) is 3.10. The fourth-order valence-corrected chi connectivity index (χ4v) is 3.10. The normalized spacial score (nSPS) is 26.8. The maximum Gasteiger partial charge on any atom is 0.321 e. The second kappa shape index (κ2) is 6.75. The molecule has 2 aliphatic rings. The molecule has 2 rings (SSSR count). The molecular formula is C15H27N3O3. The van der Waals surface area contributed by atoms with E-state index in [9.17, 15) is 9.59 Å². The molecule has 0 bridgehead atoms. The zero-order valence-electron chi connectivity index (χ0n) is 13.3. The lowest BCUT2D eigenvalue weighted by atomic mass is 9.90. The summed E-state index contributed by atoms with van der Waals surface area (Å²) in [6.45, 7) is 7.34. The fraction of sp³-hybridized carbons (Fsp3) is 0.867. The number of nitrogens with one attached hydrogen (secondary N) is 2. The molecule has 1 heterocycles. The molecule has 0 unspecified atom stereocenters. The predicted octanol–water partition coefficient (Wildman–Crippen LogP) is 1.25. The van der Waals surface area contributed by atoms with Crippen molar-refractivity contribution in [2.24, 2.45) is 0 Å². The van der Waals surface area contributed by atoms with Crippen LogP contribution in [0.15, 0.2) is 0 Å². The van der Waals surface area contributed by atoms with Crippen molar-refractivity contribution in [3.63, 3.8) is 0 Å². The summed E-state index contributed by atoms with van der Waals surface area (Å²) in [5.41, 5.74) is -0.349. The van der Waals surface area contributed by atoms with E-state index in [1.807, 2.05) is 20.8 Å². The molecule has 120 valence electrons. The van der Waals surface area contributed by atoms with Crippen LogP contribution in [-0.2, 0) is 9.53 Å². The van der Waals surface area contributed by atoms with Crippen LogP contribution in [0.2, 0.25) is 0 Å². The third-order valence-corrected chi connectivity index (χ3v) is 3.94. The zero-order chi connectivity index (χ0) is 15.5. The van der Waals surface area contributed by atoms with Gasteiger partial charge in [-0.05, 0) is 33.6 Å². The van der Waals surface area contributed by atoms with E-state index in [0.29, 0.717) is 12.6 Å². The van der Waals surface area contributed by atoms with Gasteiger partial charge in [-0.1, -0.05) is 12.8 Å². The summed E-state index contributed by atoms with van der Waals surface area (Å²) in [7, 11) is 0. The standard InChI is InChI=1S/C15H27N3O3/c1-15(2,3)17-14(20)16-13(19)10-18-8-9-21-12-7-5-4-6-11(12)18/h11-12H,4-10H2,1-3H3,(H2,16,17,19,20)/t11-,12+/m0/s1. The van der Waals surface area contributed by atoms with Crippen molar-refractivity contribution in [1.82, 2.24) is 15.5 Å². The lowest BCUT2D eigenvalue weighted by Crippen LogP contribution is -2.56. The Hall–Kier alpha value is -1.14. The average molecular weight is 297 g/mol. The Labute approximate surface area is 126 Å². The van der Waals surface area contributed by atoms with Gasteiger partial charge in [-0.15, -0.1) is 0 Å². The van der Waals surface area contributed by atoms with Gasteiger partial charge in [-0.2, -0.15) is 0 Å². The molecule has 1 aliphatic carbocycles. The molecule has 2 atom stereocenters. The van der Waals surface area contributed by atoms with Crippen LogP contribution in [-0.4, -0.2) is 54.2 Å². The molecule has 2 fully saturated rings. The first kappa shape index (κ1) is 16.2. The largest absolute Gasteiger partial charge is 0.375 e. The van der Waals surface area contributed by atoms with Crippen molar-refractivity contribution in [2.75, 3.05) is 19.7 Å². The third-order valence-electron chi connectivity index (χ3n) is 3.94. The topological polar surface area (TPSA) is 70.7 Å². The van der Waals surface area contributed by atoms with E-state index in [1.165, 1.54) is 12.8 Å². The van der Waals surface area contributed by atoms with Crippen molar-refractivity contribution in [1.29, 1.82) is 0 Å². The Bertz CT molecular complexity index is 390. The molecule has 0 aromatic heterocycles. The van der Waals surface area contributed by atoms with Gasteiger partial charge in [0, 0.05) is 18.1 Å². The highest BCUT2D eigenvalue weighted by Gasteiger charge is 2.35. The van der Waals surface area contributed by atoms with E-state index >= 15 is 0 Å². The Morgan fingerprint density at radius 1 is 1.24 bits per heavy atom. The first-order valence-corrected chi connectivity index (χ1v) is 7.83. The van der Waals surface area contributed by atoms with Crippen LogP contribution >= 0.6 is 0 Å². The highest BCUT2D eigenvalue weighted by Crippen LogP contribution is 2.28. The minimum absolute atomic E-state index is 0.247. The van der Waals surface area contributed by atoms with E-state index in [4.69, 9.17) is 4.74 Å². The number of amides is 3. The van der Waals surface area contributed by atoms with E-state index in [-0.39, 0.29) is 24.1 Å². The van der Waals surface area contributed by atoms with Crippen LogP contribution in [0.1, 0.15) is 46.5 Å². The monoisotopic (exact) mass is 297 g/mol. The Morgan fingerprint density at radius 2 is 1.95 bits per heavy atom. The summed E-state index contributed by atoms with van der Waals surface area (Å²) in [6, 6.07) is -0.107. The Morgan fingerprint density at radius 3 is 2.67 bits per heavy atom. The number of urea groups is 1. The van der Waals surface area contributed by atoms with Gasteiger partial charge in [0.05, 0.1) is 19.3 Å². The van der Waals surface area contributed by atoms with Crippen LogP contribution in [0.5, 0.6) is 0 Å². The van der Waals surface area contributed by atoms with Gasteiger partial charge in [0.15, 0.2) is 0 Å². The molecule has 2 N–H and O–H groups in total. The first-order valence-electron chi connectivity index (χ1n) is 7.83. The van der Waals surface area contributed by atoms with Crippen molar-refractivity contribution in [3.05, 3.63) is 0 Å². The van der Waals surface area contributed by atoms with Crippen molar-refractivity contribution in [3.8, 4) is 0 Å².